The Morgan fingerprint density at radius 3 is 2.28 bits per heavy atom. The fourth-order valence-electron chi connectivity index (χ4n) is 3.82. The maximum absolute atomic E-state index is 12.2. The van der Waals surface area contributed by atoms with Gasteiger partial charge in [0.1, 0.15) is 6.10 Å². The van der Waals surface area contributed by atoms with E-state index in [1.165, 1.54) is 0 Å². The topological polar surface area (TPSA) is 104 Å². The third-order valence-electron chi connectivity index (χ3n) is 5.09. The second kappa shape index (κ2) is 6.63. The summed E-state index contributed by atoms with van der Waals surface area (Å²) < 4.78 is 94.6. The standard InChI is InChI=1S/C13H19F3NO6S2/c14-13(15,16)25(20,21)17-24(18,19)2-1-8-3-10-4-9(8)5-12(10)23-7-11-6-22-11/h8-12H,1-7H2/q-1. The van der Waals surface area contributed by atoms with Crippen LogP contribution in [0.15, 0.2) is 0 Å². The minimum Gasteiger partial charge on any atom is -0.428 e. The molecule has 2 aliphatic carbocycles. The van der Waals surface area contributed by atoms with Crippen molar-refractivity contribution < 1.29 is 39.5 Å². The summed E-state index contributed by atoms with van der Waals surface area (Å²) in [5, 5.41) is 0. The van der Waals surface area contributed by atoms with Gasteiger partial charge < -0.3 is 13.6 Å². The molecule has 5 unspecified atom stereocenters. The quantitative estimate of drug-likeness (QED) is 0.569. The van der Waals surface area contributed by atoms with E-state index in [4.69, 9.17) is 9.47 Å². The number of halogens is 3. The Balaban J connectivity index is 1.47. The molecule has 2 saturated carbocycles. The normalized spacial score (nSPS) is 35.2. The van der Waals surface area contributed by atoms with E-state index < -0.39 is 31.3 Å². The average Bonchev–Trinajstić information content (AvgIpc) is 3.09. The van der Waals surface area contributed by atoms with E-state index in [1.54, 1.807) is 0 Å². The number of hydrogen-bond acceptors (Lipinski definition) is 6. The molecule has 12 heteroatoms. The van der Waals surface area contributed by atoms with Crippen molar-refractivity contribution in [2.45, 2.75) is 43.4 Å². The third-order valence-corrected chi connectivity index (χ3v) is 8.12. The summed E-state index contributed by atoms with van der Waals surface area (Å²) >= 11 is 0. The van der Waals surface area contributed by atoms with Gasteiger partial charge in [0.2, 0.25) is 0 Å². The molecule has 0 radical (unpaired) electrons. The summed E-state index contributed by atoms with van der Waals surface area (Å²) in [5.74, 6) is -0.0881. The Bertz CT molecular complexity index is 704. The van der Waals surface area contributed by atoms with Crippen molar-refractivity contribution in [3.8, 4) is 0 Å². The van der Waals surface area contributed by atoms with Crippen LogP contribution >= 0.6 is 0 Å². The molecule has 3 aliphatic rings. The van der Waals surface area contributed by atoms with Crippen LogP contribution in [0.1, 0.15) is 25.7 Å². The molecule has 0 aromatic carbocycles. The molecule has 5 atom stereocenters. The van der Waals surface area contributed by atoms with E-state index in [1.807, 2.05) is 0 Å². The molecule has 0 aromatic heterocycles. The van der Waals surface area contributed by atoms with Crippen LogP contribution in [0.25, 0.3) is 4.13 Å². The number of hydrogen-bond donors (Lipinski definition) is 0. The zero-order valence-electron chi connectivity index (χ0n) is 13.2. The van der Waals surface area contributed by atoms with Gasteiger partial charge in [-0.25, -0.2) is 16.8 Å². The lowest BCUT2D eigenvalue weighted by Crippen LogP contribution is -2.28. The predicted octanol–water partition coefficient (Wildman–Crippen LogP) is 1.76. The summed E-state index contributed by atoms with van der Waals surface area (Å²) in [6.07, 6.45) is 2.84. The molecule has 0 N–H and O–H groups in total. The molecule has 0 aromatic rings. The first-order chi connectivity index (χ1) is 11.5. The summed E-state index contributed by atoms with van der Waals surface area (Å²) in [4.78, 5) is 0. The van der Waals surface area contributed by atoms with Crippen molar-refractivity contribution in [3.63, 3.8) is 0 Å². The van der Waals surface area contributed by atoms with Crippen LogP contribution in [0.4, 0.5) is 13.2 Å². The molecule has 0 spiro atoms. The van der Waals surface area contributed by atoms with Crippen molar-refractivity contribution in [3.05, 3.63) is 4.13 Å². The van der Waals surface area contributed by atoms with Gasteiger partial charge in [-0.3, -0.25) is 0 Å². The van der Waals surface area contributed by atoms with E-state index in [9.17, 15) is 30.0 Å². The van der Waals surface area contributed by atoms with E-state index in [0.29, 0.717) is 19.1 Å². The van der Waals surface area contributed by atoms with E-state index in [0.717, 1.165) is 19.3 Å². The van der Waals surface area contributed by atoms with Crippen LogP contribution in [0.5, 0.6) is 0 Å². The van der Waals surface area contributed by atoms with Crippen LogP contribution in [0, 0.1) is 17.8 Å². The van der Waals surface area contributed by atoms with Gasteiger partial charge >= 0.3 is 5.51 Å². The molecule has 25 heavy (non-hydrogen) atoms. The Kier molecular flexibility index (Phi) is 5.12. The second-order valence-corrected chi connectivity index (χ2v) is 10.5. The average molecular weight is 406 g/mol. The maximum Gasteiger partial charge on any atom is 0.480 e. The van der Waals surface area contributed by atoms with Gasteiger partial charge in [-0.2, -0.15) is 13.2 Å². The van der Waals surface area contributed by atoms with Crippen LogP contribution in [-0.4, -0.2) is 53.5 Å². The van der Waals surface area contributed by atoms with Gasteiger partial charge in [0, 0.05) is 5.75 Å². The lowest BCUT2D eigenvalue weighted by Gasteiger charge is -2.29. The van der Waals surface area contributed by atoms with Gasteiger partial charge in [0.25, 0.3) is 0 Å². The second-order valence-electron chi connectivity index (χ2n) is 6.88. The van der Waals surface area contributed by atoms with Crippen LogP contribution in [0.2, 0.25) is 0 Å². The van der Waals surface area contributed by atoms with E-state index in [2.05, 4.69) is 4.13 Å². The summed E-state index contributed by atoms with van der Waals surface area (Å²) in [6.45, 7) is 1.27. The molecule has 1 saturated heterocycles. The number of alkyl halides is 3. The Hall–Kier alpha value is -0.430. The monoisotopic (exact) mass is 406 g/mol. The maximum atomic E-state index is 12.2. The fourth-order valence-corrected chi connectivity index (χ4v) is 6.26. The molecule has 3 fully saturated rings. The first-order valence-electron chi connectivity index (χ1n) is 7.98. The number of nitrogens with zero attached hydrogens (tertiary/aromatic N) is 1. The third kappa shape index (κ3) is 4.65. The first-order valence-corrected chi connectivity index (χ1v) is 11.0. The highest BCUT2D eigenvalue weighted by Gasteiger charge is 2.47. The lowest BCUT2D eigenvalue weighted by atomic mass is 9.85. The van der Waals surface area contributed by atoms with Crippen molar-refractivity contribution in [2.24, 2.45) is 17.8 Å². The van der Waals surface area contributed by atoms with Gasteiger partial charge in [-0.15, -0.1) is 0 Å². The predicted molar refractivity (Wildman–Crippen MR) is 80.5 cm³/mol. The molecule has 1 heterocycles. The van der Waals surface area contributed by atoms with Crippen LogP contribution in [-0.2, 0) is 29.5 Å². The van der Waals surface area contributed by atoms with Crippen molar-refractivity contribution >= 4 is 20.0 Å². The SMILES string of the molecule is O=S(=O)(CCC1CC2CC1CC2OCC1CO1)[N-]S(=O)(=O)C(F)(F)F. The molecule has 0 amide bonds. The molecule has 2 bridgehead atoms. The summed E-state index contributed by atoms with van der Waals surface area (Å²) in [5.41, 5.74) is -5.71. The smallest absolute Gasteiger partial charge is 0.428 e. The van der Waals surface area contributed by atoms with Crippen molar-refractivity contribution in [2.75, 3.05) is 19.0 Å². The Morgan fingerprint density at radius 2 is 1.76 bits per heavy atom. The van der Waals surface area contributed by atoms with E-state index in [-0.39, 0.29) is 30.5 Å². The number of fused-ring (bicyclic) bond motifs is 2. The zero-order valence-corrected chi connectivity index (χ0v) is 14.8. The summed E-state index contributed by atoms with van der Waals surface area (Å²) in [6, 6.07) is 0. The van der Waals surface area contributed by atoms with Crippen molar-refractivity contribution in [1.82, 2.24) is 0 Å². The Labute approximate surface area is 144 Å². The molecule has 146 valence electrons. The van der Waals surface area contributed by atoms with Crippen LogP contribution in [0.3, 0.4) is 0 Å². The van der Waals surface area contributed by atoms with Crippen molar-refractivity contribution in [1.29, 1.82) is 0 Å². The molecule has 3 rings (SSSR count). The highest BCUT2D eigenvalue weighted by molar-refractivity contribution is 8.12. The number of ether oxygens (including phenoxy) is 2. The zero-order chi connectivity index (χ0) is 18.5. The Morgan fingerprint density at radius 1 is 1.08 bits per heavy atom. The highest BCUT2D eigenvalue weighted by atomic mass is 32.3. The minimum atomic E-state index is -6.02. The minimum absolute atomic E-state index is 0.0422. The van der Waals surface area contributed by atoms with Gasteiger partial charge in [-0.1, -0.05) is 0 Å². The molecule has 1 aliphatic heterocycles. The molecular formula is C13H19F3NO6S2-. The lowest BCUT2D eigenvalue weighted by molar-refractivity contribution is -0.0425. The summed E-state index contributed by atoms with van der Waals surface area (Å²) in [7, 11) is -10.7. The van der Waals surface area contributed by atoms with Gasteiger partial charge in [-0.05, 0) is 43.4 Å². The van der Waals surface area contributed by atoms with Crippen LogP contribution < -0.4 is 0 Å². The van der Waals surface area contributed by atoms with Gasteiger partial charge in [0.05, 0.1) is 29.3 Å². The fraction of sp³-hybridized carbons (Fsp3) is 1.00. The largest absolute Gasteiger partial charge is 0.480 e. The van der Waals surface area contributed by atoms with Gasteiger partial charge in [0.15, 0.2) is 10.0 Å². The first kappa shape index (κ1) is 19.3. The number of sulfonamides is 2. The number of rotatable bonds is 8. The molecule has 7 nitrogen and oxygen atoms in total. The van der Waals surface area contributed by atoms with E-state index >= 15 is 0 Å². The number of epoxide rings is 1. The highest BCUT2D eigenvalue weighted by Crippen LogP contribution is 2.51. The molecular weight excluding hydrogens is 387 g/mol.